The van der Waals surface area contributed by atoms with Crippen molar-refractivity contribution in [3.8, 4) is 11.1 Å². The lowest BCUT2D eigenvalue weighted by Crippen LogP contribution is -1.94. The average molecular weight is 202 g/mol. The molecule has 15 heavy (non-hydrogen) atoms. The van der Waals surface area contributed by atoms with Gasteiger partial charge in [-0.2, -0.15) is 0 Å². The molecule has 0 radical (unpaired) electrons. The van der Waals surface area contributed by atoms with Gasteiger partial charge in [-0.1, -0.05) is 6.07 Å². The molecule has 0 saturated heterocycles. The Morgan fingerprint density at radius 1 is 1.33 bits per heavy atom. The number of nitrogens with two attached hydrogens (primary N) is 1. The first-order valence-corrected chi connectivity index (χ1v) is 4.64. The van der Waals surface area contributed by atoms with E-state index in [1.165, 1.54) is 6.07 Å². The van der Waals surface area contributed by atoms with Crippen LogP contribution in [0.15, 0.2) is 36.7 Å². The molecule has 1 aromatic carbocycles. The van der Waals surface area contributed by atoms with Crippen LogP contribution in [0.2, 0.25) is 0 Å². The van der Waals surface area contributed by atoms with E-state index in [1.54, 1.807) is 18.5 Å². The highest BCUT2D eigenvalue weighted by Crippen LogP contribution is 2.26. The lowest BCUT2D eigenvalue weighted by molar-refractivity contribution is 0.631. The first kappa shape index (κ1) is 9.65. The molecule has 0 bridgehead atoms. The van der Waals surface area contributed by atoms with Crippen LogP contribution in [0.3, 0.4) is 0 Å². The Morgan fingerprint density at radius 3 is 2.80 bits per heavy atom. The Morgan fingerprint density at radius 2 is 2.13 bits per heavy atom. The Balaban J connectivity index is 2.59. The van der Waals surface area contributed by atoms with Crippen LogP contribution in [-0.4, -0.2) is 4.98 Å². The Kier molecular flexibility index (Phi) is 2.37. The molecule has 0 aliphatic carbocycles. The fourth-order valence-corrected chi connectivity index (χ4v) is 1.52. The summed E-state index contributed by atoms with van der Waals surface area (Å²) in [5.74, 6) is -0.375. The van der Waals surface area contributed by atoms with Crippen molar-refractivity contribution in [2.24, 2.45) is 0 Å². The summed E-state index contributed by atoms with van der Waals surface area (Å²) in [5, 5.41) is 0. The smallest absolute Gasteiger partial charge is 0.146 e. The van der Waals surface area contributed by atoms with Gasteiger partial charge in [0.2, 0.25) is 0 Å². The number of nitrogen functional groups attached to an aromatic ring is 1. The third-order valence-electron chi connectivity index (χ3n) is 2.32. The van der Waals surface area contributed by atoms with Crippen molar-refractivity contribution in [1.82, 2.24) is 4.98 Å². The molecule has 0 fully saturated rings. The second-order valence-electron chi connectivity index (χ2n) is 3.43. The van der Waals surface area contributed by atoms with Crippen molar-refractivity contribution in [3.63, 3.8) is 0 Å². The molecule has 0 aliphatic rings. The minimum Gasteiger partial charge on any atom is -0.396 e. The highest BCUT2D eigenvalue weighted by molar-refractivity contribution is 5.70. The summed E-state index contributed by atoms with van der Waals surface area (Å²) in [7, 11) is 0. The maximum absolute atomic E-state index is 13.1. The Hall–Kier alpha value is -1.90. The molecule has 2 aromatic rings. The molecule has 0 spiro atoms. The van der Waals surface area contributed by atoms with E-state index in [0.717, 1.165) is 16.7 Å². The number of hydrogen-bond donors (Lipinski definition) is 1. The summed E-state index contributed by atoms with van der Waals surface area (Å²) in [4.78, 5) is 4.02. The molecule has 2 rings (SSSR count). The van der Waals surface area contributed by atoms with Crippen molar-refractivity contribution in [2.75, 3.05) is 5.73 Å². The van der Waals surface area contributed by atoms with Gasteiger partial charge in [-0.15, -0.1) is 0 Å². The highest BCUT2D eigenvalue weighted by atomic mass is 19.1. The fraction of sp³-hybridized carbons (Fsp3) is 0.0833. The van der Waals surface area contributed by atoms with Crippen LogP contribution in [-0.2, 0) is 0 Å². The third-order valence-corrected chi connectivity index (χ3v) is 2.32. The molecule has 2 nitrogen and oxygen atoms in total. The minimum absolute atomic E-state index is 0.166. The summed E-state index contributed by atoms with van der Waals surface area (Å²) in [6.07, 6.45) is 3.44. The highest BCUT2D eigenvalue weighted by Gasteiger charge is 2.06. The number of pyridine rings is 1. The zero-order valence-electron chi connectivity index (χ0n) is 8.37. The second kappa shape index (κ2) is 3.69. The number of rotatable bonds is 1. The Labute approximate surface area is 87.6 Å². The summed E-state index contributed by atoms with van der Waals surface area (Å²) in [5.41, 5.74) is 8.42. The van der Waals surface area contributed by atoms with Crippen molar-refractivity contribution >= 4 is 5.69 Å². The number of nitrogens with zero attached hydrogens (tertiary/aromatic N) is 1. The first-order chi connectivity index (χ1) is 7.18. The summed E-state index contributed by atoms with van der Waals surface area (Å²) in [6, 6.07) is 6.85. The SMILES string of the molecule is Cc1cc(F)c(N)cc1-c1cccnc1. The van der Waals surface area contributed by atoms with Gasteiger partial charge in [0.15, 0.2) is 0 Å². The van der Waals surface area contributed by atoms with E-state index >= 15 is 0 Å². The van der Waals surface area contributed by atoms with Gasteiger partial charge in [0, 0.05) is 18.0 Å². The van der Waals surface area contributed by atoms with Gasteiger partial charge >= 0.3 is 0 Å². The van der Waals surface area contributed by atoms with Crippen molar-refractivity contribution in [2.45, 2.75) is 6.92 Å². The predicted molar refractivity (Wildman–Crippen MR) is 58.8 cm³/mol. The average Bonchev–Trinajstić information content (AvgIpc) is 2.25. The summed E-state index contributed by atoms with van der Waals surface area (Å²) < 4.78 is 13.1. The number of anilines is 1. The van der Waals surface area contributed by atoms with E-state index in [-0.39, 0.29) is 11.5 Å². The van der Waals surface area contributed by atoms with E-state index in [9.17, 15) is 4.39 Å². The minimum atomic E-state index is -0.375. The number of aryl methyl sites for hydroxylation is 1. The standard InChI is InChI=1S/C12H11FN2/c1-8-5-11(13)12(14)6-10(8)9-3-2-4-15-7-9/h2-7H,14H2,1H3. The van der Waals surface area contributed by atoms with E-state index in [0.29, 0.717) is 0 Å². The monoisotopic (exact) mass is 202 g/mol. The van der Waals surface area contributed by atoms with Crippen LogP contribution < -0.4 is 5.73 Å². The lowest BCUT2D eigenvalue weighted by Gasteiger charge is -2.07. The van der Waals surface area contributed by atoms with E-state index in [1.807, 2.05) is 19.1 Å². The largest absolute Gasteiger partial charge is 0.396 e. The number of halogens is 1. The molecule has 3 heteroatoms. The maximum Gasteiger partial charge on any atom is 0.146 e. The normalized spacial score (nSPS) is 10.3. The lowest BCUT2D eigenvalue weighted by atomic mass is 10.0. The molecular formula is C12H11FN2. The van der Waals surface area contributed by atoms with Crippen molar-refractivity contribution in [3.05, 3.63) is 48.0 Å². The van der Waals surface area contributed by atoms with Gasteiger partial charge in [-0.3, -0.25) is 4.98 Å². The molecule has 0 atom stereocenters. The van der Waals surface area contributed by atoms with Crippen LogP contribution in [0, 0.1) is 12.7 Å². The summed E-state index contributed by atoms with van der Waals surface area (Å²) in [6.45, 7) is 1.85. The van der Waals surface area contributed by atoms with Gasteiger partial charge < -0.3 is 5.73 Å². The van der Waals surface area contributed by atoms with Crippen LogP contribution >= 0.6 is 0 Å². The third kappa shape index (κ3) is 1.81. The number of hydrogen-bond acceptors (Lipinski definition) is 2. The van der Waals surface area contributed by atoms with Crippen molar-refractivity contribution < 1.29 is 4.39 Å². The quantitative estimate of drug-likeness (QED) is 0.722. The molecule has 0 saturated carbocycles. The van der Waals surface area contributed by atoms with Gasteiger partial charge in [-0.25, -0.2) is 4.39 Å². The molecule has 0 aliphatic heterocycles. The van der Waals surface area contributed by atoms with Gasteiger partial charge in [0.05, 0.1) is 5.69 Å². The predicted octanol–water partition coefficient (Wildman–Crippen LogP) is 2.78. The molecule has 0 amide bonds. The van der Waals surface area contributed by atoms with Gasteiger partial charge in [0.25, 0.3) is 0 Å². The van der Waals surface area contributed by atoms with E-state index in [2.05, 4.69) is 4.98 Å². The zero-order valence-corrected chi connectivity index (χ0v) is 8.37. The van der Waals surface area contributed by atoms with Crippen molar-refractivity contribution in [1.29, 1.82) is 0 Å². The summed E-state index contributed by atoms with van der Waals surface area (Å²) >= 11 is 0. The van der Waals surface area contributed by atoms with E-state index in [4.69, 9.17) is 5.73 Å². The maximum atomic E-state index is 13.1. The van der Waals surface area contributed by atoms with E-state index < -0.39 is 0 Å². The van der Waals surface area contributed by atoms with Gasteiger partial charge in [-0.05, 0) is 36.2 Å². The van der Waals surface area contributed by atoms with Gasteiger partial charge in [0.1, 0.15) is 5.82 Å². The molecule has 2 N–H and O–H groups in total. The molecular weight excluding hydrogens is 191 g/mol. The number of benzene rings is 1. The van der Waals surface area contributed by atoms with Crippen LogP contribution in [0.4, 0.5) is 10.1 Å². The zero-order chi connectivity index (χ0) is 10.8. The topological polar surface area (TPSA) is 38.9 Å². The van der Waals surface area contributed by atoms with Crippen LogP contribution in [0.5, 0.6) is 0 Å². The molecule has 76 valence electrons. The van der Waals surface area contributed by atoms with Crippen LogP contribution in [0.1, 0.15) is 5.56 Å². The van der Waals surface area contributed by atoms with Crippen LogP contribution in [0.25, 0.3) is 11.1 Å². The molecule has 1 heterocycles. The fourth-order valence-electron chi connectivity index (χ4n) is 1.52. The molecule has 1 aromatic heterocycles. The Bertz CT molecular complexity index is 480. The molecule has 0 unspecified atom stereocenters. The number of aromatic nitrogens is 1. The second-order valence-corrected chi connectivity index (χ2v) is 3.43. The first-order valence-electron chi connectivity index (χ1n) is 4.64.